The summed E-state index contributed by atoms with van der Waals surface area (Å²) < 4.78 is 0. The van der Waals surface area contributed by atoms with Gasteiger partial charge in [0.1, 0.15) is 5.76 Å². The maximum atomic E-state index is 13.1. The summed E-state index contributed by atoms with van der Waals surface area (Å²) in [6.45, 7) is 6.11. The van der Waals surface area contributed by atoms with Crippen molar-refractivity contribution in [1.82, 2.24) is 9.88 Å². The molecular formula is C27H27N3O3. The molecule has 1 amide bonds. The van der Waals surface area contributed by atoms with Crippen LogP contribution in [0.15, 0.2) is 84.6 Å². The summed E-state index contributed by atoms with van der Waals surface area (Å²) in [7, 11) is 0. The van der Waals surface area contributed by atoms with Crippen LogP contribution in [0.1, 0.15) is 36.7 Å². The van der Waals surface area contributed by atoms with E-state index in [2.05, 4.69) is 23.7 Å². The van der Waals surface area contributed by atoms with Gasteiger partial charge in [0.15, 0.2) is 0 Å². The highest BCUT2D eigenvalue weighted by atomic mass is 16.3. The van der Waals surface area contributed by atoms with Gasteiger partial charge in [0.05, 0.1) is 23.9 Å². The molecule has 0 radical (unpaired) electrons. The lowest BCUT2D eigenvalue weighted by molar-refractivity contribution is -0.140. The molecule has 1 fully saturated rings. The number of anilines is 1. The maximum Gasteiger partial charge on any atom is 0.296 e. The van der Waals surface area contributed by atoms with Gasteiger partial charge in [0, 0.05) is 30.5 Å². The first kappa shape index (κ1) is 22.3. The minimum atomic E-state index is -0.710. The van der Waals surface area contributed by atoms with Crippen molar-refractivity contribution in [2.45, 2.75) is 26.4 Å². The van der Waals surface area contributed by atoms with Gasteiger partial charge in [0.2, 0.25) is 0 Å². The van der Waals surface area contributed by atoms with Gasteiger partial charge < -0.3 is 14.9 Å². The van der Waals surface area contributed by atoms with Gasteiger partial charge in [0.25, 0.3) is 11.7 Å². The molecule has 0 spiro atoms. The van der Waals surface area contributed by atoms with Crippen LogP contribution in [0.5, 0.6) is 0 Å². The van der Waals surface area contributed by atoms with Crippen molar-refractivity contribution in [2.75, 3.05) is 18.0 Å². The van der Waals surface area contributed by atoms with E-state index in [1.807, 2.05) is 42.5 Å². The highest BCUT2D eigenvalue weighted by Gasteiger charge is 2.46. The van der Waals surface area contributed by atoms with Crippen molar-refractivity contribution in [3.63, 3.8) is 0 Å². The smallest absolute Gasteiger partial charge is 0.296 e. The van der Waals surface area contributed by atoms with Crippen LogP contribution in [0.2, 0.25) is 0 Å². The Morgan fingerprint density at radius 1 is 0.939 bits per heavy atom. The number of aliphatic hydroxyl groups is 1. The Balaban J connectivity index is 1.82. The van der Waals surface area contributed by atoms with E-state index in [1.54, 1.807) is 36.5 Å². The SMILES string of the molecule is CCN(CC)c1ccc(C2/C(=C(/O)c3ccccc3)C(=O)C(=O)N2Cc2ccccn2)cc1. The van der Waals surface area contributed by atoms with E-state index in [-0.39, 0.29) is 17.9 Å². The van der Waals surface area contributed by atoms with E-state index in [0.717, 1.165) is 24.3 Å². The number of hydrogen-bond acceptors (Lipinski definition) is 5. The standard InChI is InChI=1S/C27H27N3O3/c1-3-29(4-2)22-15-13-19(14-16-22)24-23(25(31)20-10-6-5-7-11-20)26(32)27(33)30(24)18-21-12-8-9-17-28-21/h5-17,24,31H,3-4,18H2,1-2H3/b25-23-. The van der Waals surface area contributed by atoms with Crippen molar-refractivity contribution < 1.29 is 14.7 Å². The number of ketones is 1. The Bertz CT molecular complexity index is 1150. The number of aromatic nitrogens is 1. The second-order valence-corrected chi connectivity index (χ2v) is 7.88. The molecule has 2 aromatic carbocycles. The zero-order valence-electron chi connectivity index (χ0n) is 18.8. The number of nitrogens with zero attached hydrogens (tertiary/aromatic N) is 3. The molecule has 1 unspecified atom stereocenters. The fourth-order valence-corrected chi connectivity index (χ4v) is 4.26. The Hall–Kier alpha value is -3.93. The molecular weight excluding hydrogens is 414 g/mol. The average Bonchev–Trinajstić information content (AvgIpc) is 3.11. The Kier molecular flexibility index (Phi) is 6.54. The summed E-state index contributed by atoms with van der Waals surface area (Å²) in [5.74, 6) is -1.50. The third-order valence-electron chi connectivity index (χ3n) is 5.98. The maximum absolute atomic E-state index is 13.1. The molecule has 6 heteroatoms. The number of rotatable bonds is 7. The summed E-state index contributed by atoms with van der Waals surface area (Å²) in [6.07, 6.45) is 1.66. The first-order valence-electron chi connectivity index (χ1n) is 11.1. The van der Waals surface area contributed by atoms with Crippen molar-refractivity contribution >= 4 is 23.1 Å². The summed E-state index contributed by atoms with van der Waals surface area (Å²) in [5.41, 5.74) is 3.09. The van der Waals surface area contributed by atoms with Crippen molar-refractivity contribution in [3.05, 3.63) is 101 Å². The van der Waals surface area contributed by atoms with E-state index in [4.69, 9.17) is 0 Å². The molecule has 0 saturated carbocycles. The fourth-order valence-electron chi connectivity index (χ4n) is 4.26. The topological polar surface area (TPSA) is 73.7 Å². The minimum absolute atomic E-state index is 0.0951. The van der Waals surface area contributed by atoms with Crippen LogP contribution < -0.4 is 4.90 Å². The predicted molar refractivity (Wildman–Crippen MR) is 129 cm³/mol. The third-order valence-corrected chi connectivity index (χ3v) is 5.98. The quantitative estimate of drug-likeness (QED) is 0.331. The fraction of sp³-hybridized carbons (Fsp3) is 0.222. The van der Waals surface area contributed by atoms with E-state index < -0.39 is 17.7 Å². The molecule has 1 aliphatic rings. The number of pyridine rings is 1. The molecule has 3 aromatic rings. The Morgan fingerprint density at radius 2 is 1.61 bits per heavy atom. The van der Waals surface area contributed by atoms with Crippen molar-refractivity contribution in [2.24, 2.45) is 0 Å². The number of carbonyl (C=O) groups is 2. The van der Waals surface area contributed by atoms with Crippen LogP contribution in [0.3, 0.4) is 0 Å². The number of amides is 1. The molecule has 33 heavy (non-hydrogen) atoms. The molecule has 1 saturated heterocycles. The summed E-state index contributed by atoms with van der Waals surface area (Å²) in [4.78, 5) is 34.3. The van der Waals surface area contributed by atoms with E-state index >= 15 is 0 Å². The zero-order valence-corrected chi connectivity index (χ0v) is 18.8. The number of hydrogen-bond donors (Lipinski definition) is 1. The number of carbonyl (C=O) groups excluding carboxylic acids is 2. The molecule has 1 N–H and O–H groups in total. The van der Waals surface area contributed by atoms with Crippen molar-refractivity contribution in [1.29, 1.82) is 0 Å². The van der Waals surface area contributed by atoms with E-state index in [9.17, 15) is 14.7 Å². The molecule has 6 nitrogen and oxygen atoms in total. The summed E-state index contributed by atoms with van der Waals surface area (Å²) >= 11 is 0. The first-order chi connectivity index (χ1) is 16.0. The normalized spacial score (nSPS) is 17.4. The molecule has 168 valence electrons. The van der Waals surface area contributed by atoms with Gasteiger partial charge in [-0.1, -0.05) is 48.5 Å². The van der Waals surface area contributed by atoms with Crippen molar-refractivity contribution in [3.8, 4) is 0 Å². The number of benzene rings is 2. The van der Waals surface area contributed by atoms with Crippen LogP contribution in [0, 0.1) is 0 Å². The van der Waals surface area contributed by atoms with E-state index in [1.165, 1.54) is 4.90 Å². The second kappa shape index (κ2) is 9.69. The van der Waals surface area contributed by atoms with Crippen LogP contribution in [0.4, 0.5) is 5.69 Å². The monoisotopic (exact) mass is 441 g/mol. The van der Waals surface area contributed by atoms with Gasteiger partial charge in [-0.05, 0) is 43.7 Å². The van der Waals surface area contributed by atoms with Gasteiger partial charge in [-0.25, -0.2) is 0 Å². The summed E-state index contributed by atoms with van der Waals surface area (Å²) in [5, 5.41) is 11.1. The highest BCUT2D eigenvalue weighted by Crippen LogP contribution is 2.40. The summed E-state index contributed by atoms with van der Waals surface area (Å²) in [6, 6.07) is 21.4. The van der Waals surface area contributed by atoms with Gasteiger partial charge >= 0.3 is 0 Å². The lowest BCUT2D eigenvalue weighted by Crippen LogP contribution is -2.29. The number of Topliss-reactive ketones (excluding diaryl/α,β-unsaturated/α-hetero) is 1. The molecule has 2 heterocycles. The molecule has 1 aliphatic heterocycles. The Labute approximate surface area is 193 Å². The molecule has 0 bridgehead atoms. The van der Waals surface area contributed by atoms with Gasteiger partial charge in [-0.3, -0.25) is 14.6 Å². The molecule has 1 aromatic heterocycles. The lowest BCUT2D eigenvalue weighted by atomic mass is 9.95. The molecule has 1 atom stereocenters. The molecule has 0 aliphatic carbocycles. The van der Waals surface area contributed by atoms with Crippen LogP contribution in [-0.4, -0.2) is 39.8 Å². The zero-order chi connectivity index (χ0) is 23.4. The van der Waals surface area contributed by atoms with Crippen LogP contribution in [-0.2, 0) is 16.1 Å². The average molecular weight is 442 g/mol. The number of likely N-dealkylation sites (tertiary alicyclic amines) is 1. The molecule has 4 rings (SSSR count). The largest absolute Gasteiger partial charge is 0.507 e. The highest BCUT2D eigenvalue weighted by molar-refractivity contribution is 6.46. The van der Waals surface area contributed by atoms with Gasteiger partial charge in [-0.2, -0.15) is 0 Å². The first-order valence-corrected chi connectivity index (χ1v) is 11.1. The van der Waals surface area contributed by atoms with E-state index in [0.29, 0.717) is 11.3 Å². The second-order valence-electron chi connectivity index (χ2n) is 7.88. The Morgan fingerprint density at radius 3 is 2.21 bits per heavy atom. The van der Waals surface area contributed by atoms with Gasteiger partial charge in [-0.15, -0.1) is 0 Å². The van der Waals surface area contributed by atoms with Crippen LogP contribution in [0.25, 0.3) is 5.76 Å². The third kappa shape index (κ3) is 4.37. The van der Waals surface area contributed by atoms with Crippen LogP contribution >= 0.6 is 0 Å². The predicted octanol–water partition coefficient (Wildman–Crippen LogP) is 4.55. The lowest BCUT2D eigenvalue weighted by Gasteiger charge is -2.26. The number of aliphatic hydroxyl groups excluding tert-OH is 1. The minimum Gasteiger partial charge on any atom is -0.507 e.